The number of cyclic esters (lactones) is 1. The Balaban J connectivity index is 2.42. The number of hydrogen-bond acceptors (Lipinski definition) is 3. The van der Waals surface area contributed by atoms with Crippen molar-refractivity contribution >= 4 is 5.97 Å². The van der Waals surface area contributed by atoms with Crippen LogP contribution in [0.15, 0.2) is 0 Å². The standard InChI is InChI=1S/C7H12O3/c1-5-2-6(4-8)10-7(9)3-5/h5-6,8H,2-4H2,1H3/t5-,6-/m1/s1. The van der Waals surface area contributed by atoms with E-state index in [2.05, 4.69) is 0 Å². The third-order valence-electron chi connectivity index (χ3n) is 1.68. The van der Waals surface area contributed by atoms with E-state index < -0.39 is 0 Å². The molecule has 0 aliphatic carbocycles. The SMILES string of the molecule is C[C@H]1CC(=O)O[C@@H](CO)C1. The zero-order valence-electron chi connectivity index (χ0n) is 6.04. The molecule has 1 saturated heterocycles. The summed E-state index contributed by atoms with van der Waals surface area (Å²) in [6.07, 6.45) is 1.04. The first-order chi connectivity index (χ1) is 4.72. The lowest BCUT2D eigenvalue weighted by molar-refractivity contribution is -0.158. The quantitative estimate of drug-likeness (QED) is 0.539. The van der Waals surface area contributed by atoms with Crippen LogP contribution in [0.4, 0.5) is 0 Å². The molecule has 3 heteroatoms. The number of carbonyl (C=O) groups excluding carboxylic acids is 1. The van der Waals surface area contributed by atoms with Crippen molar-refractivity contribution < 1.29 is 14.6 Å². The maximum Gasteiger partial charge on any atom is 0.306 e. The minimum absolute atomic E-state index is 0.0456. The van der Waals surface area contributed by atoms with E-state index in [1.54, 1.807) is 0 Å². The molecule has 0 unspecified atom stereocenters. The molecule has 10 heavy (non-hydrogen) atoms. The van der Waals surface area contributed by atoms with Crippen LogP contribution in [0.1, 0.15) is 19.8 Å². The highest BCUT2D eigenvalue weighted by molar-refractivity contribution is 5.70. The van der Waals surface area contributed by atoms with Crippen LogP contribution < -0.4 is 0 Å². The number of hydrogen-bond donors (Lipinski definition) is 1. The Kier molecular flexibility index (Phi) is 2.27. The van der Waals surface area contributed by atoms with E-state index >= 15 is 0 Å². The van der Waals surface area contributed by atoms with E-state index in [0.717, 1.165) is 6.42 Å². The van der Waals surface area contributed by atoms with E-state index in [0.29, 0.717) is 12.3 Å². The van der Waals surface area contributed by atoms with Crippen LogP contribution in [0.3, 0.4) is 0 Å². The molecule has 1 heterocycles. The molecule has 0 aromatic heterocycles. The molecule has 0 saturated carbocycles. The normalized spacial score (nSPS) is 33.6. The molecule has 1 rings (SSSR count). The van der Waals surface area contributed by atoms with Gasteiger partial charge in [0.1, 0.15) is 6.10 Å². The van der Waals surface area contributed by atoms with Gasteiger partial charge in [-0.3, -0.25) is 4.79 Å². The summed E-state index contributed by atoms with van der Waals surface area (Å²) in [5, 5.41) is 8.65. The Morgan fingerprint density at radius 2 is 2.50 bits per heavy atom. The van der Waals surface area contributed by atoms with Crippen LogP contribution in [0, 0.1) is 5.92 Å². The molecule has 0 spiro atoms. The fourth-order valence-corrected chi connectivity index (χ4v) is 1.21. The van der Waals surface area contributed by atoms with Gasteiger partial charge < -0.3 is 9.84 Å². The first kappa shape index (κ1) is 7.54. The zero-order valence-corrected chi connectivity index (χ0v) is 6.04. The number of ether oxygens (including phenoxy) is 1. The number of esters is 1. The maximum atomic E-state index is 10.7. The number of aliphatic hydroxyl groups excluding tert-OH is 1. The summed E-state index contributed by atoms with van der Waals surface area (Å²) < 4.78 is 4.82. The van der Waals surface area contributed by atoms with Crippen molar-refractivity contribution in [3.8, 4) is 0 Å². The predicted molar refractivity (Wildman–Crippen MR) is 35.4 cm³/mol. The van der Waals surface area contributed by atoms with Crippen LogP contribution in [-0.4, -0.2) is 23.8 Å². The van der Waals surface area contributed by atoms with E-state index in [1.165, 1.54) is 0 Å². The smallest absolute Gasteiger partial charge is 0.306 e. The Morgan fingerprint density at radius 3 is 3.00 bits per heavy atom. The lowest BCUT2D eigenvalue weighted by Crippen LogP contribution is -2.30. The molecule has 1 N–H and O–H groups in total. The van der Waals surface area contributed by atoms with Gasteiger partial charge in [0, 0.05) is 6.42 Å². The van der Waals surface area contributed by atoms with Gasteiger partial charge in [0.2, 0.25) is 0 Å². The van der Waals surface area contributed by atoms with Gasteiger partial charge in [0.05, 0.1) is 6.61 Å². The van der Waals surface area contributed by atoms with Crippen molar-refractivity contribution in [3.63, 3.8) is 0 Å². The van der Waals surface area contributed by atoms with E-state index in [9.17, 15) is 4.79 Å². The van der Waals surface area contributed by atoms with Crippen LogP contribution in [0.2, 0.25) is 0 Å². The van der Waals surface area contributed by atoms with Crippen LogP contribution >= 0.6 is 0 Å². The van der Waals surface area contributed by atoms with Crippen molar-refractivity contribution in [1.82, 2.24) is 0 Å². The molecule has 58 valence electrons. The summed E-state index contributed by atoms with van der Waals surface area (Å²) in [4.78, 5) is 10.7. The number of aliphatic hydroxyl groups is 1. The van der Waals surface area contributed by atoms with E-state index in [-0.39, 0.29) is 18.7 Å². The Labute approximate surface area is 60.0 Å². The molecular weight excluding hydrogens is 132 g/mol. The summed E-state index contributed by atoms with van der Waals surface area (Å²) in [5.41, 5.74) is 0. The van der Waals surface area contributed by atoms with Crippen LogP contribution in [0.25, 0.3) is 0 Å². The Hall–Kier alpha value is -0.570. The highest BCUT2D eigenvalue weighted by Crippen LogP contribution is 2.19. The molecule has 0 bridgehead atoms. The molecule has 2 atom stereocenters. The number of rotatable bonds is 1. The average molecular weight is 144 g/mol. The fourth-order valence-electron chi connectivity index (χ4n) is 1.21. The molecule has 0 aromatic carbocycles. The lowest BCUT2D eigenvalue weighted by atomic mass is 9.98. The summed E-state index contributed by atoms with van der Waals surface area (Å²) in [6.45, 7) is 1.94. The lowest BCUT2D eigenvalue weighted by Gasteiger charge is -2.24. The van der Waals surface area contributed by atoms with Crippen molar-refractivity contribution in [3.05, 3.63) is 0 Å². The van der Waals surface area contributed by atoms with Crippen LogP contribution in [0.5, 0.6) is 0 Å². The summed E-state index contributed by atoms with van der Waals surface area (Å²) in [6, 6.07) is 0. The second-order valence-corrected chi connectivity index (χ2v) is 2.84. The molecule has 0 aromatic rings. The topological polar surface area (TPSA) is 46.5 Å². The van der Waals surface area contributed by atoms with Gasteiger partial charge in [-0.05, 0) is 12.3 Å². The van der Waals surface area contributed by atoms with Crippen molar-refractivity contribution in [2.45, 2.75) is 25.9 Å². The fraction of sp³-hybridized carbons (Fsp3) is 0.857. The van der Waals surface area contributed by atoms with Gasteiger partial charge in [0.15, 0.2) is 0 Å². The van der Waals surface area contributed by atoms with E-state index in [4.69, 9.17) is 9.84 Å². The monoisotopic (exact) mass is 144 g/mol. The third-order valence-corrected chi connectivity index (χ3v) is 1.68. The Morgan fingerprint density at radius 1 is 1.80 bits per heavy atom. The highest BCUT2D eigenvalue weighted by Gasteiger charge is 2.24. The third kappa shape index (κ3) is 1.70. The van der Waals surface area contributed by atoms with Crippen molar-refractivity contribution in [2.75, 3.05) is 6.61 Å². The van der Waals surface area contributed by atoms with Crippen molar-refractivity contribution in [1.29, 1.82) is 0 Å². The van der Waals surface area contributed by atoms with Crippen LogP contribution in [-0.2, 0) is 9.53 Å². The molecule has 1 aliphatic rings. The van der Waals surface area contributed by atoms with Gasteiger partial charge in [0.25, 0.3) is 0 Å². The average Bonchev–Trinajstić information content (AvgIpc) is 1.85. The highest BCUT2D eigenvalue weighted by atomic mass is 16.6. The molecule has 1 fully saturated rings. The first-order valence-electron chi connectivity index (χ1n) is 3.52. The maximum absolute atomic E-state index is 10.7. The Bertz CT molecular complexity index is 133. The van der Waals surface area contributed by atoms with Gasteiger partial charge >= 0.3 is 5.97 Å². The second kappa shape index (κ2) is 3.01. The molecule has 0 radical (unpaired) electrons. The molecule has 3 nitrogen and oxygen atoms in total. The van der Waals surface area contributed by atoms with Gasteiger partial charge in [-0.2, -0.15) is 0 Å². The minimum atomic E-state index is -0.253. The largest absolute Gasteiger partial charge is 0.460 e. The van der Waals surface area contributed by atoms with E-state index in [1.807, 2.05) is 6.92 Å². The first-order valence-corrected chi connectivity index (χ1v) is 3.52. The predicted octanol–water partition coefficient (Wildman–Crippen LogP) is 0.320. The second-order valence-electron chi connectivity index (χ2n) is 2.84. The van der Waals surface area contributed by atoms with Crippen molar-refractivity contribution in [2.24, 2.45) is 5.92 Å². The molecule has 1 aliphatic heterocycles. The zero-order chi connectivity index (χ0) is 7.56. The summed E-state index contributed by atoms with van der Waals surface area (Å²) in [5.74, 6) is 0.177. The van der Waals surface area contributed by atoms with Gasteiger partial charge in [-0.1, -0.05) is 6.92 Å². The summed E-state index contributed by atoms with van der Waals surface area (Å²) in [7, 11) is 0. The molecule has 0 amide bonds. The van der Waals surface area contributed by atoms with Gasteiger partial charge in [-0.25, -0.2) is 0 Å². The minimum Gasteiger partial charge on any atom is -0.460 e. The molecular formula is C7H12O3. The number of carbonyl (C=O) groups is 1. The summed E-state index contributed by atoms with van der Waals surface area (Å²) >= 11 is 0. The van der Waals surface area contributed by atoms with Gasteiger partial charge in [-0.15, -0.1) is 0 Å².